The van der Waals surface area contributed by atoms with Crippen molar-refractivity contribution in [1.82, 2.24) is 0 Å². The Kier molecular flexibility index (Phi) is 6.60. The molecule has 6 heteroatoms. The molecule has 2 rings (SSSR count). The molecule has 2 amide bonds. The maximum Gasteiger partial charge on any atom is 0.419 e. The van der Waals surface area contributed by atoms with Gasteiger partial charge in [-0.2, -0.15) is 0 Å². The third kappa shape index (κ3) is 4.75. The van der Waals surface area contributed by atoms with Gasteiger partial charge in [0.2, 0.25) is 0 Å². The summed E-state index contributed by atoms with van der Waals surface area (Å²) in [4.78, 5) is 26.7. The Bertz CT molecular complexity index is 776. The molecule has 0 spiro atoms. The van der Waals surface area contributed by atoms with E-state index in [1.54, 1.807) is 24.3 Å². The highest BCUT2D eigenvalue weighted by molar-refractivity contribution is 5.90. The van der Waals surface area contributed by atoms with Gasteiger partial charge in [0.25, 0.3) is 0 Å². The van der Waals surface area contributed by atoms with Gasteiger partial charge in [-0.1, -0.05) is 25.1 Å². The number of amides is 2. The molecule has 0 aliphatic carbocycles. The van der Waals surface area contributed by atoms with E-state index in [0.717, 1.165) is 11.3 Å². The fourth-order valence-corrected chi connectivity index (χ4v) is 2.64. The van der Waals surface area contributed by atoms with Gasteiger partial charge in [0, 0.05) is 24.8 Å². The topological polar surface area (TPSA) is 70.1 Å². The molecule has 0 radical (unpaired) electrons. The molecule has 0 fully saturated rings. The van der Waals surface area contributed by atoms with Gasteiger partial charge in [0.1, 0.15) is 5.75 Å². The van der Waals surface area contributed by atoms with E-state index in [4.69, 9.17) is 4.74 Å². The first-order chi connectivity index (χ1) is 12.5. The number of carboxylic acid groups (broad SMARTS) is 1. The van der Waals surface area contributed by atoms with Crippen molar-refractivity contribution in [2.75, 3.05) is 22.9 Å². The Morgan fingerprint density at radius 1 is 1.00 bits per heavy atom. The number of ether oxygens (including phenoxy) is 1. The van der Waals surface area contributed by atoms with E-state index in [1.165, 1.54) is 9.80 Å². The molecule has 0 aromatic heterocycles. The van der Waals surface area contributed by atoms with Gasteiger partial charge >= 0.3 is 12.2 Å². The van der Waals surface area contributed by atoms with E-state index in [0.29, 0.717) is 30.9 Å². The molecule has 1 N–H and O–H groups in total. The average Bonchev–Trinajstić information content (AvgIpc) is 2.60. The quantitative estimate of drug-likeness (QED) is 0.798. The second-order valence-corrected chi connectivity index (χ2v) is 5.88. The molecule has 2 aromatic rings. The largest absolute Gasteiger partial charge is 0.465 e. The lowest BCUT2D eigenvalue weighted by molar-refractivity contribution is 0.202. The molecule has 6 nitrogen and oxygen atoms in total. The summed E-state index contributed by atoms with van der Waals surface area (Å²) in [5, 5.41) is 9.34. The zero-order valence-electron chi connectivity index (χ0n) is 15.3. The van der Waals surface area contributed by atoms with Crippen LogP contribution in [-0.2, 0) is 0 Å². The van der Waals surface area contributed by atoms with Gasteiger partial charge in [-0.25, -0.2) is 9.59 Å². The molecule has 0 aliphatic rings. The monoisotopic (exact) mass is 356 g/mol. The smallest absolute Gasteiger partial charge is 0.419 e. The molecule has 0 saturated carbocycles. The summed E-state index contributed by atoms with van der Waals surface area (Å²) in [6, 6.07) is 14.2. The second-order valence-electron chi connectivity index (χ2n) is 5.88. The number of anilines is 2. The molecule has 0 unspecified atom stereocenters. The highest BCUT2D eigenvalue weighted by Crippen LogP contribution is 2.23. The maximum absolute atomic E-state index is 12.6. The van der Waals surface area contributed by atoms with E-state index in [2.05, 4.69) is 0 Å². The Hall–Kier alpha value is -3.02. The minimum Gasteiger partial charge on any atom is -0.465 e. The van der Waals surface area contributed by atoms with E-state index in [-0.39, 0.29) is 0 Å². The Morgan fingerprint density at radius 2 is 1.65 bits per heavy atom. The molecule has 138 valence electrons. The fraction of sp³-hybridized carbons (Fsp3) is 0.300. The summed E-state index contributed by atoms with van der Waals surface area (Å²) in [6.45, 7) is 6.56. The zero-order valence-corrected chi connectivity index (χ0v) is 15.3. The van der Waals surface area contributed by atoms with Crippen LogP contribution < -0.4 is 14.5 Å². The number of nitrogens with zero attached hydrogens (tertiary/aromatic N) is 2. The van der Waals surface area contributed by atoms with E-state index in [9.17, 15) is 14.7 Å². The van der Waals surface area contributed by atoms with Crippen molar-refractivity contribution in [3.05, 3.63) is 54.1 Å². The van der Waals surface area contributed by atoms with Crippen LogP contribution in [0.5, 0.6) is 5.75 Å². The van der Waals surface area contributed by atoms with Crippen LogP contribution in [0, 0.1) is 6.92 Å². The van der Waals surface area contributed by atoms with Crippen molar-refractivity contribution < 1.29 is 19.4 Å². The number of carbonyl (C=O) groups is 2. The summed E-state index contributed by atoms with van der Waals surface area (Å²) >= 11 is 0. The normalized spacial score (nSPS) is 10.3. The van der Waals surface area contributed by atoms with Crippen LogP contribution in [-0.4, -0.2) is 30.4 Å². The minimum atomic E-state index is -1.04. The second kappa shape index (κ2) is 8.89. The molecule has 0 heterocycles. The first-order valence-corrected chi connectivity index (χ1v) is 8.62. The fourth-order valence-electron chi connectivity index (χ4n) is 2.64. The van der Waals surface area contributed by atoms with Crippen molar-refractivity contribution in [2.45, 2.75) is 27.2 Å². The van der Waals surface area contributed by atoms with Crippen LogP contribution in [0.1, 0.15) is 25.8 Å². The van der Waals surface area contributed by atoms with Gasteiger partial charge in [0.05, 0.1) is 5.69 Å². The summed E-state index contributed by atoms with van der Waals surface area (Å²) in [5.74, 6) is 0.306. The van der Waals surface area contributed by atoms with Crippen molar-refractivity contribution >= 4 is 23.6 Å². The Balaban J connectivity index is 2.20. The molecule has 2 aromatic carbocycles. The first kappa shape index (κ1) is 19.3. The van der Waals surface area contributed by atoms with Gasteiger partial charge in [-0.3, -0.25) is 9.80 Å². The molecule has 0 aliphatic heterocycles. The number of aryl methyl sites for hydroxylation is 1. The SMILES string of the molecule is CCCN(C(=O)O)c1cccc(OC(=O)N(CC)c2cccc(C)c2)c1. The number of carbonyl (C=O) groups excluding carboxylic acids is 1. The van der Waals surface area contributed by atoms with Crippen LogP contribution in [0.4, 0.5) is 21.0 Å². The van der Waals surface area contributed by atoms with E-state index >= 15 is 0 Å². The summed E-state index contributed by atoms with van der Waals surface area (Å²) in [7, 11) is 0. The third-order valence-electron chi connectivity index (χ3n) is 3.86. The summed E-state index contributed by atoms with van der Waals surface area (Å²) in [5.41, 5.74) is 2.28. The predicted molar refractivity (Wildman–Crippen MR) is 102 cm³/mol. The Labute approximate surface area is 153 Å². The lowest BCUT2D eigenvalue weighted by Crippen LogP contribution is -2.33. The zero-order chi connectivity index (χ0) is 19.1. The van der Waals surface area contributed by atoms with Gasteiger partial charge in [-0.15, -0.1) is 0 Å². The lowest BCUT2D eigenvalue weighted by Gasteiger charge is -2.22. The average molecular weight is 356 g/mol. The minimum absolute atomic E-state index is 0.306. The van der Waals surface area contributed by atoms with Gasteiger partial charge < -0.3 is 9.84 Å². The predicted octanol–water partition coefficient (Wildman–Crippen LogP) is 4.91. The van der Waals surface area contributed by atoms with Crippen molar-refractivity contribution in [1.29, 1.82) is 0 Å². The molecule has 26 heavy (non-hydrogen) atoms. The first-order valence-electron chi connectivity index (χ1n) is 8.62. The number of benzene rings is 2. The van der Waals surface area contributed by atoms with Crippen molar-refractivity contribution in [3.8, 4) is 5.75 Å². The van der Waals surface area contributed by atoms with Gasteiger partial charge in [0.15, 0.2) is 0 Å². The van der Waals surface area contributed by atoms with Crippen LogP contribution in [0.2, 0.25) is 0 Å². The molecular weight excluding hydrogens is 332 g/mol. The summed E-state index contributed by atoms with van der Waals surface area (Å²) in [6.07, 6.45) is -0.856. The third-order valence-corrected chi connectivity index (χ3v) is 3.86. The van der Waals surface area contributed by atoms with E-state index < -0.39 is 12.2 Å². The Morgan fingerprint density at radius 3 is 2.23 bits per heavy atom. The highest BCUT2D eigenvalue weighted by Gasteiger charge is 2.18. The molecule has 0 atom stereocenters. The maximum atomic E-state index is 12.6. The van der Waals surface area contributed by atoms with Crippen LogP contribution >= 0.6 is 0 Å². The molecular formula is C20H24N2O4. The van der Waals surface area contributed by atoms with Crippen LogP contribution in [0.25, 0.3) is 0 Å². The van der Waals surface area contributed by atoms with Crippen LogP contribution in [0.3, 0.4) is 0 Å². The molecule has 0 bridgehead atoms. The number of hydrogen-bond donors (Lipinski definition) is 1. The van der Waals surface area contributed by atoms with E-state index in [1.807, 2.05) is 45.0 Å². The van der Waals surface area contributed by atoms with Gasteiger partial charge in [-0.05, 0) is 50.1 Å². The number of rotatable bonds is 6. The van der Waals surface area contributed by atoms with Crippen LogP contribution in [0.15, 0.2) is 48.5 Å². The number of hydrogen-bond acceptors (Lipinski definition) is 3. The lowest BCUT2D eigenvalue weighted by atomic mass is 10.2. The van der Waals surface area contributed by atoms with Crippen molar-refractivity contribution in [2.24, 2.45) is 0 Å². The molecule has 0 saturated heterocycles. The summed E-state index contributed by atoms with van der Waals surface area (Å²) < 4.78 is 5.48. The highest BCUT2D eigenvalue weighted by atomic mass is 16.6. The van der Waals surface area contributed by atoms with Crippen molar-refractivity contribution in [3.63, 3.8) is 0 Å². The standard InChI is InChI=1S/C20H24N2O4/c1-4-12-22(19(23)24)17-10-7-11-18(14-17)26-20(25)21(5-2)16-9-6-8-15(3)13-16/h6-11,13-14H,4-5,12H2,1-3H3,(H,23,24).